The molecule has 0 bridgehead atoms. The molecule has 0 radical (unpaired) electrons. The molecule has 0 rings (SSSR count). The third-order valence-corrected chi connectivity index (χ3v) is 2.55. The number of hydrogen-bond donors (Lipinski definition) is 4. The van der Waals surface area contributed by atoms with Crippen LogP contribution in [0.2, 0.25) is 0 Å². The normalized spacial score (nSPS) is 13.1. The summed E-state index contributed by atoms with van der Waals surface area (Å²) in [6, 6.07) is 0. The quantitative estimate of drug-likeness (QED) is 0.129. The Hall–Kier alpha value is -1.23. The molecule has 10 heteroatoms. The summed E-state index contributed by atoms with van der Waals surface area (Å²) in [4.78, 5) is 21.4. The third-order valence-electron chi connectivity index (χ3n) is 1.47. The van der Waals surface area contributed by atoms with Crippen molar-refractivity contribution in [3.05, 3.63) is 0 Å². The highest BCUT2D eigenvalue weighted by molar-refractivity contribution is 7.87. The topological polar surface area (TPSA) is 156 Å². The largest absolute Gasteiger partial charge is 0.481 e. The van der Waals surface area contributed by atoms with Gasteiger partial charge in [0.15, 0.2) is 5.25 Å². The number of ether oxygens (including phenoxy) is 1. The van der Waals surface area contributed by atoms with Gasteiger partial charge >= 0.3 is 11.9 Å². The maximum absolute atomic E-state index is 11.1. The van der Waals surface area contributed by atoms with Crippen molar-refractivity contribution in [1.82, 2.24) is 5.43 Å². The fourth-order valence-corrected chi connectivity index (χ4v) is 1.44. The van der Waals surface area contributed by atoms with Crippen molar-refractivity contribution in [3.63, 3.8) is 0 Å². The van der Waals surface area contributed by atoms with E-state index in [2.05, 4.69) is 10.2 Å². The minimum Gasteiger partial charge on any atom is -0.481 e. The van der Waals surface area contributed by atoms with Gasteiger partial charge in [0.25, 0.3) is 10.1 Å². The number of hydrogen-bond acceptors (Lipinski definition) is 7. The zero-order valence-electron chi connectivity index (χ0n) is 8.12. The first kappa shape index (κ1) is 14.8. The summed E-state index contributed by atoms with van der Waals surface area (Å²) in [5, 5.41) is 6.23. The smallest absolute Gasteiger partial charge is 0.327 e. The molecule has 0 aliphatic rings. The van der Waals surface area contributed by atoms with Crippen LogP contribution in [0.4, 0.5) is 0 Å². The van der Waals surface area contributed by atoms with Gasteiger partial charge in [-0.2, -0.15) is 8.42 Å². The molecular formula is C6H12N2O7S. The Bertz CT molecular complexity index is 352. The number of nitrogens with one attached hydrogen (secondary N) is 1. The van der Waals surface area contributed by atoms with Gasteiger partial charge in [-0.1, -0.05) is 0 Å². The van der Waals surface area contributed by atoms with E-state index in [1.54, 1.807) is 0 Å². The van der Waals surface area contributed by atoms with Crippen LogP contribution in [-0.2, 0) is 24.4 Å². The minimum atomic E-state index is -4.80. The van der Waals surface area contributed by atoms with Gasteiger partial charge in [-0.25, -0.2) is 0 Å². The number of carboxylic acids is 1. The Morgan fingerprint density at radius 1 is 1.44 bits per heavy atom. The number of carboxylic acid groups (broad SMARTS) is 1. The van der Waals surface area contributed by atoms with E-state index in [1.807, 2.05) is 0 Å². The fourth-order valence-electron chi connectivity index (χ4n) is 0.772. The summed E-state index contributed by atoms with van der Waals surface area (Å²) in [5.41, 5.74) is 2.14. The van der Waals surface area contributed by atoms with Crippen LogP contribution in [0.5, 0.6) is 0 Å². The van der Waals surface area contributed by atoms with Gasteiger partial charge in [0, 0.05) is 6.54 Å². The number of rotatable bonds is 7. The van der Waals surface area contributed by atoms with Crippen LogP contribution >= 0.6 is 0 Å². The number of carbonyl (C=O) groups excluding carboxylic acids is 1. The predicted octanol–water partition coefficient (Wildman–Crippen LogP) is -2.28. The molecule has 1 unspecified atom stereocenters. The fraction of sp³-hybridized carbons (Fsp3) is 0.667. The molecule has 0 heterocycles. The highest BCUT2D eigenvalue weighted by Gasteiger charge is 2.34. The Morgan fingerprint density at radius 2 is 2.00 bits per heavy atom. The zero-order chi connectivity index (χ0) is 12.8. The van der Waals surface area contributed by atoms with E-state index in [0.717, 1.165) is 0 Å². The maximum atomic E-state index is 11.1. The number of aliphatic carboxylic acids is 1. The summed E-state index contributed by atoms with van der Waals surface area (Å²) < 4.78 is 34.4. The molecule has 1 atom stereocenters. The van der Waals surface area contributed by atoms with Crippen molar-refractivity contribution in [2.75, 3.05) is 13.2 Å². The van der Waals surface area contributed by atoms with E-state index < -0.39 is 33.7 Å². The van der Waals surface area contributed by atoms with E-state index in [-0.39, 0.29) is 13.2 Å². The summed E-state index contributed by atoms with van der Waals surface area (Å²) >= 11 is 0. The maximum Gasteiger partial charge on any atom is 0.327 e. The molecule has 0 aromatic rings. The second kappa shape index (κ2) is 6.37. The van der Waals surface area contributed by atoms with Crippen molar-refractivity contribution in [2.45, 2.75) is 11.7 Å². The number of nitrogens with two attached hydrogens (primary N) is 1. The molecule has 0 aromatic heterocycles. The lowest BCUT2D eigenvalue weighted by atomic mass is 10.3. The van der Waals surface area contributed by atoms with Crippen LogP contribution in [0.25, 0.3) is 0 Å². The van der Waals surface area contributed by atoms with Crippen molar-refractivity contribution in [3.8, 4) is 0 Å². The average Bonchev–Trinajstić information content (AvgIpc) is 2.12. The summed E-state index contributed by atoms with van der Waals surface area (Å²) in [5.74, 6) is 1.98. The van der Waals surface area contributed by atoms with Crippen LogP contribution in [-0.4, -0.2) is 48.4 Å². The van der Waals surface area contributed by atoms with Crippen molar-refractivity contribution >= 4 is 22.1 Å². The second-order valence-electron chi connectivity index (χ2n) is 2.72. The molecule has 0 aliphatic carbocycles. The first-order valence-electron chi connectivity index (χ1n) is 4.07. The van der Waals surface area contributed by atoms with Gasteiger partial charge in [0.2, 0.25) is 0 Å². The lowest BCUT2D eigenvalue weighted by molar-refractivity contribution is -0.147. The molecule has 0 aliphatic heterocycles. The monoisotopic (exact) mass is 256 g/mol. The molecule has 0 spiro atoms. The molecule has 0 aromatic carbocycles. The van der Waals surface area contributed by atoms with Crippen LogP contribution in [0.1, 0.15) is 6.42 Å². The van der Waals surface area contributed by atoms with E-state index in [4.69, 9.17) is 15.5 Å². The lowest BCUT2D eigenvalue weighted by Crippen LogP contribution is -2.36. The molecule has 0 saturated carbocycles. The molecule has 5 N–H and O–H groups in total. The Kier molecular flexibility index (Phi) is 5.88. The summed E-state index contributed by atoms with van der Waals surface area (Å²) in [7, 11) is -4.80. The molecule has 0 amide bonds. The van der Waals surface area contributed by atoms with Gasteiger partial charge in [-0.3, -0.25) is 25.4 Å². The summed E-state index contributed by atoms with van der Waals surface area (Å²) in [6.45, 7) is -0.169. The first-order valence-corrected chi connectivity index (χ1v) is 5.57. The highest BCUT2D eigenvalue weighted by atomic mass is 32.2. The molecule has 0 fully saturated rings. The number of esters is 1. The molecule has 0 saturated heterocycles. The lowest BCUT2D eigenvalue weighted by Gasteiger charge is -2.10. The van der Waals surface area contributed by atoms with Crippen LogP contribution < -0.4 is 11.3 Å². The zero-order valence-corrected chi connectivity index (χ0v) is 8.94. The van der Waals surface area contributed by atoms with Crippen LogP contribution in [0.15, 0.2) is 0 Å². The van der Waals surface area contributed by atoms with Gasteiger partial charge in [-0.05, 0) is 0 Å². The second-order valence-corrected chi connectivity index (χ2v) is 4.32. The number of carbonyl (C=O) groups is 2. The number of hydrazine groups is 1. The standard InChI is InChI=1S/C6H12N2O7S/c7-8-1-2-15-6(11)4(3-5(9)10)16(12,13)14/h4,8H,1-3,7H2,(H,9,10)(H,12,13,14). The average molecular weight is 256 g/mol. The van der Waals surface area contributed by atoms with Gasteiger partial charge in [0.1, 0.15) is 6.61 Å². The van der Waals surface area contributed by atoms with E-state index in [0.29, 0.717) is 0 Å². The van der Waals surface area contributed by atoms with Gasteiger partial charge in [0.05, 0.1) is 6.42 Å². The van der Waals surface area contributed by atoms with Crippen LogP contribution in [0.3, 0.4) is 0 Å². The minimum absolute atomic E-state index is 0.0665. The molecular weight excluding hydrogens is 244 g/mol. The van der Waals surface area contributed by atoms with E-state index >= 15 is 0 Å². The third kappa shape index (κ3) is 5.60. The van der Waals surface area contributed by atoms with Crippen molar-refractivity contribution in [1.29, 1.82) is 0 Å². The van der Waals surface area contributed by atoms with Gasteiger partial charge in [-0.15, -0.1) is 0 Å². The Balaban J connectivity index is 4.52. The first-order chi connectivity index (χ1) is 7.29. The van der Waals surface area contributed by atoms with Crippen molar-refractivity contribution < 1.29 is 32.4 Å². The van der Waals surface area contributed by atoms with Crippen LogP contribution in [0, 0.1) is 0 Å². The van der Waals surface area contributed by atoms with Crippen molar-refractivity contribution in [2.24, 2.45) is 5.84 Å². The Labute approximate surface area is 91.3 Å². The molecule has 16 heavy (non-hydrogen) atoms. The predicted molar refractivity (Wildman–Crippen MR) is 50.7 cm³/mol. The summed E-state index contributed by atoms with van der Waals surface area (Å²) in [6.07, 6.45) is -1.06. The highest BCUT2D eigenvalue weighted by Crippen LogP contribution is 2.06. The van der Waals surface area contributed by atoms with E-state index in [1.165, 1.54) is 0 Å². The SMILES string of the molecule is NNCCOC(=O)C(CC(=O)O)S(=O)(=O)O. The Morgan fingerprint density at radius 3 is 2.38 bits per heavy atom. The molecule has 9 nitrogen and oxygen atoms in total. The van der Waals surface area contributed by atoms with E-state index in [9.17, 15) is 18.0 Å². The van der Waals surface area contributed by atoms with Gasteiger partial charge < -0.3 is 9.84 Å². The molecule has 94 valence electrons.